The average Bonchev–Trinajstić information content (AvgIpc) is 3.37. The van der Waals surface area contributed by atoms with Crippen LogP contribution in [0.2, 0.25) is 5.02 Å². The quantitative estimate of drug-likeness (QED) is 0.748. The monoisotopic (exact) mass is 411 g/mol. The van der Waals surface area contributed by atoms with E-state index in [0.29, 0.717) is 28.5 Å². The molecule has 1 atom stereocenters. The molecule has 0 aromatic heterocycles. The average molecular weight is 412 g/mol. The number of aromatic carboxylic acids is 1. The van der Waals surface area contributed by atoms with Crippen LogP contribution in [0, 0.1) is 23.1 Å². The lowest BCUT2D eigenvalue weighted by atomic mass is 9.91. The van der Waals surface area contributed by atoms with E-state index in [0.717, 1.165) is 24.2 Å². The van der Waals surface area contributed by atoms with Crippen LogP contribution >= 0.6 is 11.6 Å². The van der Waals surface area contributed by atoms with Crippen LogP contribution in [-0.4, -0.2) is 22.8 Å². The lowest BCUT2D eigenvalue weighted by Crippen LogP contribution is -2.32. The first-order valence-electron chi connectivity index (χ1n) is 9.57. The zero-order chi connectivity index (χ0) is 20.5. The Kier molecular flexibility index (Phi) is 5.25. The molecular weight excluding hydrogens is 393 g/mol. The van der Waals surface area contributed by atoms with Gasteiger partial charge in [-0.15, -0.1) is 0 Å². The summed E-state index contributed by atoms with van der Waals surface area (Å²) in [4.78, 5) is 11.1. The molecule has 1 fully saturated rings. The van der Waals surface area contributed by atoms with E-state index in [2.05, 4.69) is 6.07 Å². The second kappa shape index (κ2) is 7.84. The minimum atomic E-state index is -1.29. The van der Waals surface area contributed by atoms with Gasteiger partial charge in [0.2, 0.25) is 0 Å². The van der Waals surface area contributed by atoms with Gasteiger partial charge < -0.3 is 5.11 Å². The fraction of sp³-hybridized carbons (Fsp3) is 0.318. The van der Waals surface area contributed by atoms with Gasteiger partial charge in [-0.05, 0) is 49.1 Å². The highest BCUT2D eigenvalue weighted by molar-refractivity contribution is 6.32. The second-order valence-electron chi connectivity index (χ2n) is 7.48. The molecule has 0 spiro atoms. The lowest BCUT2D eigenvalue weighted by Gasteiger charge is -2.28. The molecule has 2 aliphatic rings. The maximum Gasteiger partial charge on any atom is 0.338 e. The van der Waals surface area contributed by atoms with Crippen molar-refractivity contribution in [2.75, 3.05) is 5.01 Å². The topological polar surface area (TPSA) is 76.7 Å². The van der Waals surface area contributed by atoms with Gasteiger partial charge in [0.25, 0.3) is 0 Å². The number of nitriles is 1. The van der Waals surface area contributed by atoms with Crippen molar-refractivity contribution in [3.05, 3.63) is 63.9 Å². The Morgan fingerprint density at radius 2 is 2.00 bits per heavy atom. The molecule has 1 aliphatic heterocycles. The van der Waals surface area contributed by atoms with Crippen LogP contribution in [0.4, 0.5) is 10.1 Å². The molecule has 2 aromatic carbocycles. The van der Waals surface area contributed by atoms with E-state index in [9.17, 15) is 9.18 Å². The molecule has 1 saturated carbocycles. The van der Waals surface area contributed by atoms with E-state index in [-0.39, 0.29) is 11.6 Å². The minimum absolute atomic E-state index is 0.124. The summed E-state index contributed by atoms with van der Waals surface area (Å²) in [5, 5.41) is 25.2. The van der Waals surface area contributed by atoms with Crippen LogP contribution in [0.1, 0.15) is 53.6 Å². The Morgan fingerprint density at radius 3 is 2.62 bits per heavy atom. The summed E-state index contributed by atoms with van der Waals surface area (Å²) in [5.41, 5.74) is 2.15. The Labute approximate surface area is 173 Å². The number of hydrogen-bond acceptors (Lipinski definition) is 4. The predicted molar refractivity (Wildman–Crippen MR) is 109 cm³/mol. The van der Waals surface area contributed by atoms with Crippen LogP contribution in [0.15, 0.2) is 41.5 Å². The molecule has 0 unspecified atom stereocenters. The summed E-state index contributed by atoms with van der Waals surface area (Å²) in [7, 11) is 0. The third-order valence-corrected chi connectivity index (χ3v) is 6.07. The van der Waals surface area contributed by atoms with Gasteiger partial charge >= 0.3 is 5.97 Å². The maximum absolute atomic E-state index is 14.2. The molecule has 0 radical (unpaired) electrons. The SMILES string of the molecule is N#Cc1ccc(N2N=C(c3ccc(C(=O)O)c(F)c3)C[C@@H]2C2CCCC2)cc1Cl. The summed E-state index contributed by atoms with van der Waals surface area (Å²) in [6.45, 7) is 0. The normalized spacial score (nSPS) is 19.3. The van der Waals surface area contributed by atoms with Crippen molar-refractivity contribution in [3.8, 4) is 6.07 Å². The number of rotatable bonds is 4. The van der Waals surface area contributed by atoms with Crippen LogP contribution in [0.25, 0.3) is 0 Å². The molecule has 7 heteroatoms. The third-order valence-electron chi connectivity index (χ3n) is 5.76. The Balaban J connectivity index is 1.71. The zero-order valence-electron chi connectivity index (χ0n) is 15.6. The molecule has 5 nitrogen and oxygen atoms in total. The molecule has 0 amide bonds. The van der Waals surface area contributed by atoms with E-state index >= 15 is 0 Å². The number of benzene rings is 2. The van der Waals surface area contributed by atoms with Crippen LogP contribution in [0.3, 0.4) is 0 Å². The molecular formula is C22H19ClFN3O2. The fourth-order valence-corrected chi connectivity index (χ4v) is 4.49. The first-order chi connectivity index (χ1) is 14.0. The Morgan fingerprint density at radius 1 is 1.24 bits per heavy atom. The first kappa shape index (κ1) is 19.4. The van der Waals surface area contributed by atoms with Gasteiger partial charge in [0.05, 0.1) is 33.6 Å². The molecule has 0 bridgehead atoms. The van der Waals surface area contributed by atoms with Crippen molar-refractivity contribution in [2.24, 2.45) is 11.0 Å². The van der Waals surface area contributed by atoms with Gasteiger partial charge in [0.1, 0.15) is 11.9 Å². The van der Waals surface area contributed by atoms with Crippen molar-refractivity contribution in [1.29, 1.82) is 5.26 Å². The van der Waals surface area contributed by atoms with Crippen molar-refractivity contribution in [2.45, 2.75) is 38.1 Å². The highest BCUT2D eigenvalue weighted by Gasteiger charge is 2.36. The summed E-state index contributed by atoms with van der Waals surface area (Å²) in [6.07, 6.45) is 5.23. The summed E-state index contributed by atoms with van der Waals surface area (Å²) in [5.74, 6) is -1.59. The van der Waals surface area contributed by atoms with Crippen molar-refractivity contribution in [1.82, 2.24) is 0 Å². The molecule has 1 aliphatic carbocycles. The molecule has 1 heterocycles. The predicted octanol–water partition coefficient (Wildman–Crippen LogP) is 5.22. The van der Waals surface area contributed by atoms with E-state index in [1.165, 1.54) is 25.0 Å². The van der Waals surface area contributed by atoms with Crippen LogP contribution < -0.4 is 5.01 Å². The van der Waals surface area contributed by atoms with Crippen LogP contribution in [-0.2, 0) is 0 Å². The first-order valence-corrected chi connectivity index (χ1v) is 9.95. The lowest BCUT2D eigenvalue weighted by molar-refractivity contribution is 0.0692. The van der Waals surface area contributed by atoms with Gasteiger partial charge in [-0.1, -0.05) is 30.5 Å². The summed E-state index contributed by atoms with van der Waals surface area (Å²) in [6, 6.07) is 11.5. The van der Waals surface area contributed by atoms with Gasteiger partial charge in [0.15, 0.2) is 0 Å². The molecule has 2 aromatic rings. The Bertz CT molecular complexity index is 1040. The van der Waals surface area contributed by atoms with Gasteiger partial charge in [-0.2, -0.15) is 10.4 Å². The molecule has 29 heavy (non-hydrogen) atoms. The zero-order valence-corrected chi connectivity index (χ0v) is 16.4. The van der Waals surface area contributed by atoms with Crippen molar-refractivity contribution in [3.63, 3.8) is 0 Å². The van der Waals surface area contributed by atoms with Gasteiger partial charge in [-0.25, -0.2) is 9.18 Å². The highest BCUT2D eigenvalue weighted by Crippen LogP contribution is 2.39. The number of anilines is 1. The number of nitrogens with zero attached hydrogens (tertiary/aromatic N) is 3. The van der Waals surface area contributed by atoms with Crippen molar-refractivity contribution < 1.29 is 14.3 Å². The number of carboxylic acid groups (broad SMARTS) is 1. The molecule has 1 N–H and O–H groups in total. The smallest absolute Gasteiger partial charge is 0.338 e. The number of hydrazone groups is 1. The number of carboxylic acids is 1. The maximum atomic E-state index is 14.2. The number of hydrogen-bond donors (Lipinski definition) is 1. The van der Waals surface area contributed by atoms with Crippen molar-refractivity contribution >= 4 is 29.0 Å². The van der Waals surface area contributed by atoms with E-state index < -0.39 is 11.8 Å². The van der Waals surface area contributed by atoms with Gasteiger partial charge in [-0.3, -0.25) is 5.01 Å². The third kappa shape index (κ3) is 3.70. The minimum Gasteiger partial charge on any atom is -0.478 e. The molecule has 0 saturated heterocycles. The fourth-order valence-electron chi connectivity index (χ4n) is 4.27. The molecule has 4 rings (SSSR count). The van der Waals surface area contributed by atoms with Crippen LogP contribution in [0.5, 0.6) is 0 Å². The molecule has 148 valence electrons. The van der Waals surface area contributed by atoms with Gasteiger partial charge in [0, 0.05) is 12.0 Å². The standard InChI is InChI=1S/C22H19ClFN3O2/c23-18-10-16(7-5-15(18)12-25)27-21(13-3-1-2-4-13)11-20(26-27)14-6-8-17(22(28)29)19(24)9-14/h5-10,13,21H,1-4,11H2,(H,28,29)/t21-/m1/s1. The van der Waals surface area contributed by atoms with E-state index in [1.54, 1.807) is 18.2 Å². The number of carbonyl (C=O) groups is 1. The summed E-state index contributed by atoms with van der Waals surface area (Å²) < 4.78 is 14.2. The Hall–Kier alpha value is -2.91. The highest BCUT2D eigenvalue weighted by atomic mass is 35.5. The second-order valence-corrected chi connectivity index (χ2v) is 7.89. The van der Waals surface area contributed by atoms with E-state index in [4.69, 9.17) is 27.1 Å². The summed E-state index contributed by atoms with van der Waals surface area (Å²) >= 11 is 6.23. The van der Waals surface area contributed by atoms with E-state index in [1.807, 2.05) is 11.1 Å². The largest absolute Gasteiger partial charge is 0.478 e. The number of halogens is 2.